The lowest BCUT2D eigenvalue weighted by atomic mass is 9.99. The van der Waals surface area contributed by atoms with Gasteiger partial charge in [-0.3, -0.25) is 4.98 Å². The number of anilines is 1. The predicted octanol–water partition coefficient (Wildman–Crippen LogP) is 4.55. The van der Waals surface area contributed by atoms with Crippen LogP contribution in [0.25, 0.3) is 10.8 Å². The number of phenolic OH excluding ortho intramolecular Hbond substituents is 1. The first-order valence-electron chi connectivity index (χ1n) is 10.4. The SMILES string of the molecule is CCOc1ccc2c(Cc3cc(OC)c(N4CCCC4)c(OC)c3)cncc2c1O. The van der Waals surface area contributed by atoms with E-state index < -0.39 is 0 Å². The van der Waals surface area contributed by atoms with Crippen molar-refractivity contribution in [1.82, 2.24) is 4.98 Å². The number of aromatic hydroxyl groups is 1. The molecule has 1 saturated heterocycles. The van der Waals surface area contributed by atoms with Crippen LogP contribution in [-0.4, -0.2) is 44.0 Å². The number of ether oxygens (including phenoxy) is 3. The molecule has 0 radical (unpaired) electrons. The van der Waals surface area contributed by atoms with E-state index in [0.29, 0.717) is 24.2 Å². The van der Waals surface area contributed by atoms with Crippen LogP contribution in [-0.2, 0) is 6.42 Å². The van der Waals surface area contributed by atoms with Gasteiger partial charge in [-0.15, -0.1) is 0 Å². The van der Waals surface area contributed by atoms with Gasteiger partial charge < -0.3 is 24.2 Å². The lowest BCUT2D eigenvalue weighted by Gasteiger charge is -2.24. The van der Waals surface area contributed by atoms with Crippen molar-refractivity contribution in [1.29, 1.82) is 0 Å². The van der Waals surface area contributed by atoms with Crippen LogP contribution in [0.2, 0.25) is 0 Å². The molecule has 6 heteroatoms. The third-order valence-electron chi connectivity index (χ3n) is 5.62. The van der Waals surface area contributed by atoms with Crippen molar-refractivity contribution in [3.63, 3.8) is 0 Å². The number of hydrogen-bond donors (Lipinski definition) is 1. The van der Waals surface area contributed by atoms with E-state index >= 15 is 0 Å². The molecule has 1 fully saturated rings. The molecule has 1 aliphatic rings. The van der Waals surface area contributed by atoms with E-state index in [2.05, 4.69) is 22.0 Å². The van der Waals surface area contributed by atoms with Crippen molar-refractivity contribution in [3.05, 3.63) is 47.8 Å². The Morgan fingerprint density at radius 1 is 0.967 bits per heavy atom. The van der Waals surface area contributed by atoms with Gasteiger partial charge >= 0.3 is 0 Å². The Bertz CT molecular complexity index is 1020. The van der Waals surface area contributed by atoms with E-state index in [4.69, 9.17) is 14.2 Å². The van der Waals surface area contributed by atoms with Gasteiger partial charge in [-0.05, 0) is 60.9 Å². The highest BCUT2D eigenvalue weighted by Crippen LogP contribution is 2.42. The first kappa shape index (κ1) is 20.1. The standard InChI is InChI=1S/C24H28N2O4/c1-4-30-20-8-7-18-17(14-25-15-19(18)24(20)27)11-16-12-21(28-2)23(22(13-16)29-3)26-9-5-6-10-26/h7-8,12-15,27H,4-6,9-11H2,1-3H3. The molecule has 2 heterocycles. The van der Waals surface area contributed by atoms with Crippen molar-refractivity contribution in [2.75, 3.05) is 38.8 Å². The van der Waals surface area contributed by atoms with Gasteiger partial charge in [-0.1, -0.05) is 6.07 Å². The summed E-state index contributed by atoms with van der Waals surface area (Å²) in [6.45, 7) is 4.42. The number of methoxy groups -OCH3 is 2. The normalized spacial score (nSPS) is 13.6. The zero-order valence-electron chi connectivity index (χ0n) is 17.8. The highest BCUT2D eigenvalue weighted by molar-refractivity contribution is 5.92. The highest BCUT2D eigenvalue weighted by Gasteiger charge is 2.22. The van der Waals surface area contributed by atoms with E-state index in [9.17, 15) is 5.11 Å². The summed E-state index contributed by atoms with van der Waals surface area (Å²) in [6, 6.07) is 7.93. The van der Waals surface area contributed by atoms with E-state index in [-0.39, 0.29) is 5.75 Å². The molecule has 1 N–H and O–H groups in total. The topological polar surface area (TPSA) is 64.1 Å². The molecule has 6 nitrogen and oxygen atoms in total. The highest BCUT2D eigenvalue weighted by atomic mass is 16.5. The summed E-state index contributed by atoms with van der Waals surface area (Å²) < 4.78 is 17.0. The molecule has 0 saturated carbocycles. The molecule has 3 aromatic rings. The Balaban J connectivity index is 1.74. The minimum absolute atomic E-state index is 0.128. The summed E-state index contributed by atoms with van der Waals surface area (Å²) in [7, 11) is 3.40. The minimum Gasteiger partial charge on any atom is -0.504 e. The van der Waals surface area contributed by atoms with E-state index in [1.54, 1.807) is 20.4 Å². The molecule has 1 aliphatic heterocycles. The third kappa shape index (κ3) is 3.70. The molecule has 30 heavy (non-hydrogen) atoms. The molecule has 2 aromatic carbocycles. The van der Waals surface area contributed by atoms with Crippen LogP contribution >= 0.6 is 0 Å². The summed E-state index contributed by atoms with van der Waals surface area (Å²) in [5.74, 6) is 2.24. The van der Waals surface area contributed by atoms with Gasteiger partial charge in [0.1, 0.15) is 17.2 Å². The first-order chi connectivity index (χ1) is 14.7. The lowest BCUT2D eigenvalue weighted by molar-refractivity contribution is 0.320. The lowest BCUT2D eigenvalue weighted by Crippen LogP contribution is -2.19. The fourth-order valence-corrected chi connectivity index (χ4v) is 4.21. The van der Waals surface area contributed by atoms with Crippen LogP contribution < -0.4 is 19.1 Å². The number of rotatable bonds is 7. The summed E-state index contributed by atoms with van der Waals surface area (Å²) in [4.78, 5) is 6.68. The molecule has 0 aliphatic carbocycles. The Labute approximate surface area is 177 Å². The van der Waals surface area contributed by atoms with Gasteiger partial charge in [-0.2, -0.15) is 0 Å². The van der Waals surface area contributed by atoms with Gasteiger partial charge in [0, 0.05) is 30.9 Å². The van der Waals surface area contributed by atoms with Crippen LogP contribution in [0, 0.1) is 0 Å². The van der Waals surface area contributed by atoms with Crippen molar-refractivity contribution in [2.24, 2.45) is 0 Å². The molecule has 1 aromatic heterocycles. The van der Waals surface area contributed by atoms with Crippen molar-refractivity contribution < 1.29 is 19.3 Å². The Kier molecular flexibility index (Phi) is 5.84. The summed E-state index contributed by atoms with van der Waals surface area (Å²) in [6.07, 6.45) is 6.53. The number of aromatic nitrogens is 1. The zero-order valence-corrected chi connectivity index (χ0v) is 17.8. The number of nitrogens with zero attached hydrogens (tertiary/aromatic N) is 2. The van der Waals surface area contributed by atoms with Crippen LogP contribution in [0.1, 0.15) is 30.9 Å². The largest absolute Gasteiger partial charge is 0.504 e. The fourth-order valence-electron chi connectivity index (χ4n) is 4.21. The maximum absolute atomic E-state index is 10.6. The van der Waals surface area contributed by atoms with Gasteiger partial charge in [-0.25, -0.2) is 0 Å². The minimum atomic E-state index is 0.128. The van der Waals surface area contributed by atoms with Crippen LogP contribution in [0.5, 0.6) is 23.0 Å². The second kappa shape index (κ2) is 8.69. The van der Waals surface area contributed by atoms with Gasteiger partial charge in [0.05, 0.1) is 20.8 Å². The maximum atomic E-state index is 10.6. The van der Waals surface area contributed by atoms with E-state index in [0.717, 1.165) is 46.8 Å². The van der Waals surface area contributed by atoms with E-state index in [1.165, 1.54) is 12.8 Å². The molecule has 0 amide bonds. The summed E-state index contributed by atoms with van der Waals surface area (Å²) in [5.41, 5.74) is 3.11. The average molecular weight is 408 g/mol. The number of phenols is 1. The molecule has 4 rings (SSSR count). The molecular formula is C24H28N2O4. The maximum Gasteiger partial charge on any atom is 0.167 e. The Morgan fingerprint density at radius 2 is 1.67 bits per heavy atom. The first-order valence-corrected chi connectivity index (χ1v) is 10.4. The molecule has 0 bridgehead atoms. The Morgan fingerprint density at radius 3 is 2.30 bits per heavy atom. The Hall–Kier alpha value is -3.15. The second-order valence-corrected chi connectivity index (χ2v) is 7.46. The molecule has 0 unspecified atom stereocenters. The van der Waals surface area contributed by atoms with Gasteiger partial charge in [0.2, 0.25) is 0 Å². The smallest absolute Gasteiger partial charge is 0.167 e. The van der Waals surface area contributed by atoms with Crippen molar-refractivity contribution in [2.45, 2.75) is 26.2 Å². The number of hydrogen-bond acceptors (Lipinski definition) is 6. The predicted molar refractivity (Wildman–Crippen MR) is 118 cm³/mol. The summed E-state index contributed by atoms with van der Waals surface area (Å²) in [5, 5.41) is 12.2. The number of pyridine rings is 1. The van der Waals surface area contributed by atoms with E-state index in [1.807, 2.05) is 25.3 Å². The summed E-state index contributed by atoms with van der Waals surface area (Å²) >= 11 is 0. The molecular weight excluding hydrogens is 380 g/mol. The zero-order chi connectivity index (χ0) is 21.1. The van der Waals surface area contributed by atoms with Gasteiger partial charge in [0.25, 0.3) is 0 Å². The molecule has 158 valence electrons. The molecule has 0 atom stereocenters. The van der Waals surface area contributed by atoms with Crippen LogP contribution in [0.4, 0.5) is 5.69 Å². The quantitative estimate of drug-likeness (QED) is 0.619. The second-order valence-electron chi connectivity index (χ2n) is 7.46. The third-order valence-corrected chi connectivity index (χ3v) is 5.62. The monoisotopic (exact) mass is 408 g/mol. The van der Waals surface area contributed by atoms with Gasteiger partial charge in [0.15, 0.2) is 11.5 Å². The molecule has 0 spiro atoms. The number of benzene rings is 2. The fraction of sp³-hybridized carbons (Fsp3) is 0.375. The van der Waals surface area contributed by atoms with Crippen LogP contribution in [0.15, 0.2) is 36.7 Å². The van der Waals surface area contributed by atoms with Crippen LogP contribution in [0.3, 0.4) is 0 Å². The number of fused-ring (bicyclic) bond motifs is 1. The average Bonchev–Trinajstić information content (AvgIpc) is 3.30. The van der Waals surface area contributed by atoms with Crippen molar-refractivity contribution >= 4 is 16.5 Å². The van der Waals surface area contributed by atoms with Crippen molar-refractivity contribution in [3.8, 4) is 23.0 Å².